The fourth-order valence-corrected chi connectivity index (χ4v) is 3.14. The molecule has 0 unspecified atom stereocenters. The minimum atomic E-state index is -0.00280. The highest BCUT2D eigenvalue weighted by Crippen LogP contribution is 2.19. The maximum Gasteiger partial charge on any atom is 0.225 e. The minimum absolute atomic E-state index is 0.00280. The SMILES string of the molecule is CC[C@@H](C)N(Cc1csc(COc2ccc(C)cc2)n1)C(=O)C(C)C. The molecule has 0 fully saturated rings. The zero-order valence-corrected chi connectivity index (χ0v) is 16.6. The van der Waals surface area contributed by atoms with Gasteiger partial charge < -0.3 is 9.64 Å². The zero-order chi connectivity index (χ0) is 18.4. The van der Waals surface area contributed by atoms with E-state index in [4.69, 9.17) is 4.74 Å². The second kappa shape index (κ2) is 8.99. The summed E-state index contributed by atoms with van der Waals surface area (Å²) in [4.78, 5) is 19.0. The molecule has 0 saturated heterocycles. The molecule has 0 aliphatic carbocycles. The van der Waals surface area contributed by atoms with Crippen LogP contribution in [0.4, 0.5) is 0 Å². The predicted octanol–water partition coefficient (Wildman–Crippen LogP) is 4.81. The van der Waals surface area contributed by atoms with Gasteiger partial charge in [0.25, 0.3) is 0 Å². The minimum Gasteiger partial charge on any atom is -0.486 e. The summed E-state index contributed by atoms with van der Waals surface area (Å²) in [7, 11) is 0. The fraction of sp³-hybridized carbons (Fsp3) is 0.500. The third kappa shape index (κ3) is 5.56. The van der Waals surface area contributed by atoms with E-state index in [0.717, 1.165) is 22.9 Å². The number of aromatic nitrogens is 1. The number of hydrogen-bond donors (Lipinski definition) is 0. The van der Waals surface area contributed by atoms with E-state index < -0.39 is 0 Å². The van der Waals surface area contributed by atoms with E-state index in [1.165, 1.54) is 5.56 Å². The molecule has 1 aromatic carbocycles. The summed E-state index contributed by atoms with van der Waals surface area (Å²) in [5.74, 6) is 1.02. The van der Waals surface area contributed by atoms with E-state index in [-0.39, 0.29) is 17.9 Å². The van der Waals surface area contributed by atoms with Crippen molar-refractivity contribution < 1.29 is 9.53 Å². The number of aryl methyl sites for hydroxylation is 1. The van der Waals surface area contributed by atoms with Gasteiger partial charge in [-0.2, -0.15) is 0 Å². The third-order valence-corrected chi connectivity index (χ3v) is 5.09. The number of thiazole rings is 1. The van der Waals surface area contributed by atoms with Gasteiger partial charge in [0.2, 0.25) is 5.91 Å². The van der Waals surface area contributed by atoms with Crippen LogP contribution in [-0.2, 0) is 17.9 Å². The summed E-state index contributed by atoms with van der Waals surface area (Å²) in [6, 6.07) is 8.21. The van der Waals surface area contributed by atoms with Crippen LogP contribution in [0, 0.1) is 12.8 Å². The van der Waals surface area contributed by atoms with Crippen molar-refractivity contribution in [3.8, 4) is 5.75 Å². The van der Waals surface area contributed by atoms with Gasteiger partial charge in [0.15, 0.2) is 0 Å². The van der Waals surface area contributed by atoms with Crippen molar-refractivity contribution in [3.05, 3.63) is 45.9 Å². The number of carbonyl (C=O) groups excluding carboxylic acids is 1. The summed E-state index contributed by atoms with van der Waals surface area (Å²) >= 11 is 1.58. The lowest BCUT2D eigenvalue weighted by Gasteiger charge is -2.29. The molecule has 5 heteroatoms. The molecule has 0 spiro atoms. The van der Waals surface area contributed by atoms with Crippen LogP contribution >= 0.6 is 11.3 Å². The van der Waals surface area contributed by atoms with E-state index in [9.17, 15) is 4.79 Å². The lowest BCUT2D eigenvalue weighted by Crippen LogP contribution is -2.40. The number of benzene rings is 1. The van der Waals surface area contributed by atoms with Gasteiger partial charge in [-0.15, -0.1) is 11.3 Å². The Kier molecular flexibility index (Phi) is 7.00. The highest BCUT2D eigenvalue weighted by molar-refractivity contribution is 7.09. The molecule has 1 amide bonds. The number of hydrogen-bond acceptors (Lipinski definition) is 4. The first-order valence-corrected chi connectivity index (χ1v) is 9.71. The Morgan fingerprint density at radius 1 is 1.24 bits per heavy atom. The first-order valence-electron chi connectivity index (χ1n) is 8.84. The molecule has 0 saturated carbocycles. The first kappa shape index (κ1) is 19.4. The molecule has 1 atom stereocenters. The summed E-state index contributed by atoms with van der Waals surface area (Å²) in [6.45, 7) is 11.2. The van der Waals surface area contributed by atoms with Gasteiger partial charge in [0.1, 0.15) is 17.4 Å². The molecule has 2 rings (SSSR count). The van der Waals surface area contributed by atoms with Crippen molar-refractivity contribution in [3.63, 3.8) is 0 Å². The van der Waals surface area contributed by atoms with E-state index in [2.05, 4.69) is 25.8 Å². The average molecular weight is 361 g/mol. The van der Waals surface area contributed by atoms with Crippen LogP contribution in [0.25, 0.3) is 0 Å². The van der Waals surface area contributed by atoms with Crippen LogP contribution in [-0.4, -0.2) is 21.8 Å². The van der Waals surface area contributed by atoms with Crippen molar-refractivity contribution in [1.82, 2.24) is 9.88 Å². The van der Waals surface area contributed by atoms with Gasteiger partial charge in [-0.25, -0.2) is 4.98 Å². The van der Waals surface area contributed by atoms with Gasteiger partial charge in [-0.1, -0.05) is 38.5 Å². The normalized spacial score (nSPS) is 12.2. The molecular weight excluding hydrogens is 332 g/mol. The first-order chi connectivity index (χ1) is 11.9. The van der Waals surface area contributed by atoms with Crippen LogP contribution in [0.5, 0.6) is 5.75 Å². The Hall–Kier alpha value is -1.88. The van der Waals surface area contributed by atoms with Gasteiger partial charge in [0, 0.05) is 17.3 Å². The summed E-state index contributed by atoms with van der Waals surface area (Å²) in [6.07, 6.45) is 0.936. The lowest BCUT2D eigenvalue weighted by molar-refractivity contribution is -0.137. The molecule has 0 bridgehead atoms. The Morgan fingerprint density at radius 2 is 1.92 bits per heavy atom. The number of nitrogens with zero attached hydrogens (tertiary/aromatic N) is 2. The standard InChI is InChI=1S/C20H28N2O2S/c1-6-16(5)22(20(23)14(2)3)11-17-13-25-19(21-17)12-24-18-9-7-15(4)8-10-18/h7-10,13-14,16H,6,11-12H2,1-5H3/t16-/m1/s1. The molecule has 4 nitrogen and oxygen atoms in total. The Balaban J connectivity index is 1.98. The van der Waals surface area contributed by atoms with Crippen LogP contribution in [0.2, 0.25) is 0 Å². The largest absolute Gasteiger partial charge is 0.486 e. The molecule has 2 aromatic rings. The Labute approximate surface area is 154 Å². The van der Waals surface area contributed by atoms with E-state index in [1.54, 1.807) is 11.3 Å². The van der Waals surface area contributed by atoms with Crippen LogP contribution in [0.1, 0.15) is 50.4 Å². The van der Waals surface area contributed by atoms with Crippen LogP contribution < -0.4 is 4.74 Å². The second-order valence-corrected chi connectivity index (χ2v) is 7.66. The molecule has 1 aromatic heterocycles. The molecule has 0 aliphatic rings. The lowest BCUT2D eigenvalue weighted by atomic mass is 10.1. The zero-order valence-electron chi connectivity index (χ0n) is 15.8. The highest BCUT2D eigenvalue weighted by atomic mass is 32.1. The monoisotopic (exact) mass is 360 g/mol. The smallest absolute Gasteiger partial charge is 0.225 e. The van der Waals surface area contributed by atoms with Crippen molar-refractivity contribution >= 4 is 17.2 Å². The molecule has 0 radical (unpaired) electrons. The molecule has 1 heterocycles. The second-order valence-electron chi connectivity index (χ2n) is 6.71. The number of carbonyl (C=O) groups is 1. The van der Waals surface area contributed by atoms with Crippen LogP contribution in [0.15, 0.2) is 29.6 Å². The Bertz CT molecular complexity index is 679. The van der Waals surface area contributed by atoms with Gasteiger partial charge >= 0.3 is 0 Å². The van der Waals surface area contributed by atoms with Gasteiger partial charge in [-0.3, -0.25) is 4.79 Å². The molecule has 25 heavy (non-hydrogen) atoms. The number of amides is 1. The molecule has 136 valence electrons. The molecular formula is C20H28N2O2S. The van der Waals surface area contributed by atoms with Gasteiger partial charge in [0.05, 0.1) is 12.2 Å². The number of ether oxygens (including phenoxy) is 1. The summed E-state index contributed by atoms with van der Waals surface area (Å²) in [5.41, 5.74) is 2.14. The van der Waals surface area contributed by atoms with E-state index in [1.807, 2.05) is 48.4 Å². The van der Waals surface area contributed by atoms with Crippen molar-refractivity contribution in [2.45, 2.75) is 60.2 Å². The maximum absolute atomic E-state index is 12.5. The van der Waals surface area contributed by atoms with E-state index in [0.29, 0.717) is 13.2 Å². The molecule has 0 N–H and O–H groups in total. The molecule has 0 aliphatic heterocycles. The quantitative estimate of drug-likeness (QED) is 0.678. The van der Waals surface area contributed by atoms with Crippen molar-refractivity contribution in [1.29, 1.82) is 0 Å². The Morgan fingerprint density at radius 3 is 2.52 bits per heavy atom. The van der Waals surface area contributed by atoms with Crippen molar-refractivity contribution in [2.24, 2.45) is 5.92 Å². The third-order valence-electron chi connectivity index (χ3n) is 4.21. The number of rotatable bonds is 8. The maximum atomic E-state index is 12.5. The van der Waals surface area contributed by atoms with Gasteiger partial charge in [-0.05, 0) is 32.4 Å². The average Bonchev–Trinajstić information content (AvgIpc) is 3.05. The fourth-order valence-electron chi connectivity index (χ4n) is 2.44. The van der Waals surface area contributed by atoms with E-state index >= 15 is 0 Å². The van der Waals surface area contributed by atoms with Crippen molar-refractivity contribution in [2.75, 3.05) is 0 Å². The highest BCUT2D eigenvalue weighted by Gasteiger charge is 2.22. The van der Waals surface area contributed by atoms with Crippen LogP contribution in [0.3, 0.4) is 0 Å². The topological polar surface area (TPSA) is 42.4 Å². The summed E-state index contributed by atoms with van der Waals surface area (Å²) < 4.78 is 5.79. The predicted molar refractivity (Wildman–Crippen MR) is 103 cm³/mol. The summed E-state index contributed by atoms with van der Waals surface area (Å²) in [5, 5.41) is 2.95.